The molecule has 1 fully saturated rings. The van der Waals surface area contributed by atoms with E-state index in [2.05, 4.69) is 14.7 Å². The topological polar surface area (TPSA) is 87.2 Å². The lowest BCUT2D eigenvalue weighted by Gasteiger charge is -2.08. The average Bonchev–Trinajstić information content (AvgIpc) is 3.32. The van der Waals surface area contributed by atoms with Crippen LogP contribution in [0.5, 0.6) is 0 Å². The number of nitrogens with zero attached hydrogens (tertiary/aromatic N) is 3. The van der Waals surface area contributed by atoms with Gasteiger partial charge in [0.1, 0.15) is 0 Å². The van der Waals surface area contributed by atoms with Crippen LogP contribution >= 0.6 is 0 Å². The minimum atomic E-state index is -0.582. The molecule has 0 aromatic carbocycles. The van der Waals surface area contributed by atoms with Crippen molar-refractivity contribution in [3.05, 3.63) is 46.0 Å². The molecule has 0 atom stereocenters. The molecule has 0 aliphatic heterocycles. The fourth-order valence-corrected chi connectivity index (χ4v) is 3.62. The number of hydrogen-bond donors (Lipinski definition) is 0. The number of aromatic nitrogens is 3. The third-order valence-electron chi connectivity index (χ3n) is 5.00. The largest absolute Gasteiger partial charge is 0.454 e. The van der Waals surface area contributed by atoms with Crippen LogP contribution in [0.1, 0.15) is 62.4 Å². The number of hydrogen-bond acceptors (Lipinski definition) is 6. The first-order valence-corrected chi connectivity index (χ1v) is 8.99. The number of carbonyl (C=O) groups is 2. The van der Waals surface area contributed by atoms with Crippen LogP contribution in [-0.4, -0.2) is 33.1 Å². The standard InChI is InChI=1S/C20H21N3O4/c1-10-7-16(18-12(3)22-27-19(18)21-10)20(25)26-9-17(24)15-8-11(2)23(13(15)4)14-5-6-14/h7-8,14H,5-6,9H2,1-4H3. The van der Waals surface area contributed by atoms with Gasteiger partial charge in [0.25, 0.3) is 5.71 Å². The van der Waals surface area contributed by atoms with Gasteiger partial charge in [-0.3, -0.25) is 4.79 Å². The molecule has 7 heteroatoms. The summed E-state index contributed by atoms with van der Waals surface area (Å²) in [4.78, 5) is 29.4. The van der Waals surface area contributed by atoms with E-state index in [-0.39, 0.29) is 12.4 Å². The number of ether oxygens (including phenoxy) is 1. The number of rotatable bonds is 5. The predicted octanol–water partition coefficient (Wildman–Crippen LogP) is 3.63. The number of ketones is 1. The summed E-state index contributed by atoms with van der Waals surface area (Å²) in [5.74, 6) is -0.784. The zero-order valence-corrected chi connectivity index (χ0v) is 15.8. The maximum Gasteiger partial charge on any atom is 0.339 e. The second-order valence-corrected chi connectivity index (χ2v) is 7.14. The monoisotopic (exact) mass is 367 g/mol. The lowest BCUT2D eigenvalue weighted by molar-refractivity contribution is 0.0476. The van der Waals surface area contributed by atoms with E-state index in [0.29, 0.717) is 39.7 Å². The highest BCUT2D eigenvalue weighted by Crippen LogP contribution is 2.38. The van der Waals surface area contributed by atoms with Crippen molar-refractivity contribution in [1.29, 1.82) is 0 Å². The van der Waals surface area contributed by atoms with Gasteiger partial charge in [-0.05, 0) is 52.7 Å². The van der Waals surface area contributed by atoms with Crippen LogP contribution in [0.15, 0.2) is 16.7 Å². The Morgan fingerprint density at radius 1 is 1.19 bits per heavy atom. The van der Waals surface area contributed by atoms with E-state index in [1.165, 1.54) is 0 Å². The molecule has 0 spiro atoms. The van der Waals surface area contributed by atoms with Gasteiger partial charge in [-0.25, -0.2) is 9.78 Å². The molecule has 0 saturated heterocycles. The van der Waals surface area contributed by atoms with Crippen LogP contribution in [0, 0.1) is 27.7 Å². The molecule has 0 unspecified atom stereocenters. The predicted molar refractivity (Wildman–Crippen MR) is 98.1 cm³/mol. The Labute approximate surface area is 156 Å². The highest BCUT2D eigenvalue weighted by atomic mass is 16.5. The molecule has 140 valence electrons. The van der Waals surface area contributed by atoms with Gasteiger partial charge < -0.3 is 13.8 Å². The van der Waals surface area contributed by atoms with Crippen molar-refractivity contribution >= 4 is 22.9 Å². The zero-order valence-electron chi connectivity index (χ0n) is 15.8. The number of pyridine rings is 1. The zero-order chi connectivity index (χ0) is 19.3. The second kappa shape index (κ2) is 6.33. The summed E-state index contributed by atoms with van der Waals surface area (Å²) in [6, 6.07) is 4.00. The quantitative estimate of drug-likeness (QED) is 0.505. The van der Waals surface area contributed by atoms with Crippen molar-refractivity contribution in [1.82, 2.24) is 14.7 Å². The first-order chi connectivity index (χ1) is 12.9. The smallest absolute Gasteiger partial charge is 0.339 e. The van der Waals surface area contributed by atoms with E-state index < -0.39 is 5.97 Å². The maximum absolute atomic E-state index is 12.6. The van der Waals surface area contributed by atoms with Crippen molar-refractivity contribution in [3.63, 3.8) is 0 Å². The minimum absolute atomic E-state index is 0.201. The molecule has 1 aliphatic carbocycles. The third-order valence-corrected chi connectivity index (χ3v) is 5.00. The molecular formula is C20H21N3O4. The fourth-order valence-electron chi connectivity index (χ4n) is 3.62. The maximum atomic E-state index is 12.6. The molecule has 4 rings (SSSR count). The van der Waals surface area contributed by atoms with Crippen LogP contribution in [0.2, 0.25) is 0 Å². The Morgan fingerprint density at radius 3 is 2.63 bits per heavy atom. The summed E-state index contributed by atoms with van der Waals surface area (Å²) in [6.45, 7) is 7.13. The molecule has 3 aromatic heterocycles. The first kappa shape index (κ1) is 17.5. The third kappa shape index (κ3) is 3.03. The van der Waals surface area contributed by atoms with Crippen molar-refractivity contribution < 1.29 is 18.8 Å². The number of esters is 1. The van der Waals surface area contributed by atoms with Crippen molar-refractivity contribution in [2.75, 3.05) is 6.61 Å². The van der Waals surface area contributed by atoms with E-state index in [9.17, 15) is 9.59 Å². The Morgan fingerprint density at radius 2 is 1.93 bits per heavy atom. The molecule has 0 bridgehead atoms. The molecule has 3 heterocycles. The summed E-state index contributed by atoms with van der Waals surface area (Å²) < 4.78 is 12.7. The van der Waals surface area contributed by atoms with Gasteiger partial charge in [-0.1, -0.05) is 5.16 Å². The van der Waals surface area contributed by atoms with E-state index in [1.54, 1.807) is 19.9 Å². The summed E-state index contributed by atoms with van der Waals surface area (Å²) >= 11 is 0. The summed E-state index contributed by atoms with van der Waals surface area (Å²) in [5, 5.41) is 4.37. The first-order valence-electron chi connectivity index (χ1n) is 8.99. The Hall–Kier alpha value is -2.96. The second-order valence-electron chi connectivity index (χ2n) is 7.14. The molecule has 27 heavy (non-hydrogen) atoms. The highest BCUT2D eigenvalue weighted by Gasteiger charge is 2.28. The molecule has 3 aromatic rings. The number of Topliss-reactive ketones (excluding diaryl/α,β-unsaturated/α-hetero) is 1. The van der Waals surface area contributed by atoms with Gasteiger partial charge in [0.05, 0.1) is 16.6 Å². The van der Waals surface area contributed by atoms with Crippen molar-refractivity contribution in [2.24, 2.45) is 0 Å². The summed E-state index contributed by atoms with van der Waals surface area (Å²) in [6.07, 6.45) is 2.29. The van der Waals surface area contributed by atoms with Crippen LogP contribution in [0.25, 0.3) is 11.1 Å². The molecule has 1 saturated carbocycles. The van der Waals surface area contributed by atoms with Crippen molar-refractivity contribution in [2.45, 2.75) is 46.6 Å². The molecule has 1 aliphatic rings. The fraction of sp³-hybridized carbons (Fsp3) is 0.400. The lowest BCUT2D eigenvalue weighted by Crippen LogP contribution is -2.15. The van der Waals surface area contributed by atoms with E-state index in [1.807, 2.05) is 19.9 Å². The average molecular weight is 367 g/mol. The molecule has 7 nitrogen and oxygen atoms in total. The molecule has 0 N–H and O–H groups in total. The van der Waals surface area contributed by atoms with Gasteiger partial charge >= 0.3 is 5.97 Å². The van der Waals surface area contributed by atoms with E-state index >= 15 is 0 Å². The lowest BCUT2D eigenvalue weighted by atomic mass is 10.1. The summed E-state index contributed by atoms with van der Waals surface area (Å²) in [7, 11) is 0. The Bertz CT molecular complexity index is 1070. The van der Waals surface area contributed by atoms with Gasteiger partial charge in [0, 0.05) is 28.7 Å². The Kier molecular flexibility index (Phi) is 4.09. The van der Waals surface area contributed by atoms with E-state index in [4.69, 9.17) is 9.26 Å². The SMILES string of the molecule is Cc1cc(C(=O)OCC(=O)c2cc(C)n(C3CC3)c2C)c2c(C)noc2n1. The van der Waals surface area contributed by atoms with E-state index in [0.717, 1.165) is 24.2 Å². The van der Waals surface area contributed by atoms with Crippen LogP contribution < -0.4 is 0 Å². The van der Waals surface area contributed by atoms with Crippen LogP contribution in [0.4, 0.5) is 0 Å². The number of aryl methyl sites for hydroxylation is 3. The van der Waals surface area contributed by atoms with Gasteiger partial charge in [0.2, 0.25) is 5.78 Å². The van der Waals surface area contributed by atoms with Crippen molar-refractivity contribution in [3.8, 4) is 0 Å². The molecule has 0 amide bonds. The minimum Gasteiger partial charge on any atom is -0.454 e. The Balaban J connectivity index is 1.54. The van der Waals surface area contributed by atoms with Crippen LogP contribution in [-0.2, 0) is 4.74 Å². The number of carbonyl (C=O) groups excluding carboxylic acids is 2. The summed E-state index contributed by atoms with van der Waals surface area (Å²) in [5.41, 5.74) is 4.40. The molecule has 0 radical (unpaired) electrons. The van der Waals surface area contributed by atoms with Crippen LogP contribution in [0.3, 0.4) is 0 Å². The van der Waals surface area contributed by atoms with Gasteiger partial charge in [-0.15, -0.1) is 0 Å². The number of fused-ring (bicyclic) bond motifs is 1. The van der Waals surface area contributed by atoms with Gasteiger partial charge in [0.15, 0.2) is 6.61 Å². The normalized spacial score (nSPS) is 13.9. The van der Waals surface area contributed by atoms with Gasteiger partial charge in [-0.2, -0.15) is 0 Å². The molecular weight excluding hydrogens is 346 g/mol. The highest BCUT2D eigenvalue weighted by molar-refractivity contribution is 6.05.